The third-order valence-electron chi connectivity index (χ3n) is 2.41. The molecule has 0 unspecified atom stereocenters. The molecule has 9 heteroatoms. The van der Waals surface area contributed by atoms with E-state index in [4.69, 9.17) is 10.8 Å². The first-order valence-corrected chi connectivity index (χ1v) is 6.85. The van der Waals surface area contributed by atoms with Gasteiger partial charge in [0.15, 0.2) is 0 Å². The topological polar surface area (TPSA) is 118 Å². The van der Waals surface area contributed by atoms with Crippen LogP contribution in [0.4, 0.5) is 4.39 Å². The summed E-state index contributed by atoms with van der Waals surface area (Å²) in [5.74, 6) is -3.25. The largest absolute Gasteiger partial charge is 0.480 e. The van der Waals surface area contributed by atoms with E-state index in [1.807, 2.05) is 0 Å². The molecule has 1 rings (SSSR count). The quantitative estimate of drug-likeness (QED) is 0.747. The highest BCUT2D eigenvalue weighted by atomic mass is 32.2. The minimum atomic E-state index is -4.33. The first-order valence-electron chi connectivity index (χ1n) is 5.41. The highest BCUT2D eigenvalue weighted by molar-refractivity contribution is 7.89. The first-order chi connectivity index (χ1) is 9.14. The summed E-state index contributed by atoms with van der Waals surface area (Å²) >= 11 is 0. The van der Waals surface area contributed by atoms with E-state index in [2.05, 4.69) is 0 Å². The fourth-order valence-electron chi connectivity index (χ4n) is 1.54. The van der Waals surface area contributed by atoms with Crippen molar-refractivity contribution in [1.82, 2.24) is 4.31 Å². The molecule has 0 aliphatic carbocycles. The number of primary amides is 1. The lowest BCUT2D eigenvalue weighted by Crippen LogP contribution is -2.41. The molecule has 110 valence electrons. The Morgan fingerprint density at radius 2 is 1.95 bits per heavy atom. The van der Waals surface area contributed by atoms with Gasteiger partial charge in [0.1, 0.15) is 12.4 Å². The number of nitrogens with zero attached hydrogens (tertiary/aromatic N) is 1. The van der Waals surface area contributed by atoms with E-state index in [0.717, 1.165) is 12.1 Å². The molecular formula is C11H13FN2O5S. The Morgan fingerprint density at radius 3 is 2.45 bits per heavy atom. The van der Waals surface area contributed by atoms with Crippen LogP contribution in [0.5, 0.6) is 0 Å². The van der Waals surface area contributed by atoms with Crippen LogP contribution >= 0.6 is 0 Å². The van der Waals surface area contributed by atoms with Crippen molar-refractivity contribution in [3.63, 3.8) is 0 Å². The molecular weight excluding hydrogens is 291 g/mol. The number of carbonyl (C=O) groups is 2. The predicted octanol–water partition coefficient (Wildman–Crippen LogP) is -0.305. The van der Waals surface area contributed by atoms with Crippen molar-refractivity contribution in [2.75, 3.05) is 13.1 Å². The predicted molar refractivity (Wildman–Crippen MR) is 66.7 cm³/mol. The molecule has 0 bridgehead atoms. The smallest absolute Gasteiger partial charge is 0.318 e. The fourth-order valence-corrected chi connectivity index (χ4v) is 3.13. The van der Waals surface area contributed by atoms with Gasteiger partial charge >= 0.3 is 5.97 Å². The molecule has 0 saturated carbocycles. The Bertz CT molecular complexity index is 628. The van der Waals surface area contributed by atoms with Crippen molar-refractivity contribution in [2.45, 2.75) is 11.8 Å². The van der Waals surface area contributed by atoms with Gasteiger partial charge in [-0.15, -0.1) is 0 Å². The summed E-state index contributed by atoms with van der Waals surface area (Å²) in [6.07, 6.45) is 0. The lowest BCUT2D eigenvalue weighted by Gasteiger charge is -2.19. The Labute approximate surface area is 114 Å². The van der Waals surface area contributed by atoms with Crippen molar-refractivity contribution in [1.29, 1.82) is 0 Å². The molecule has 20 heavy (non-hydrogen) atoms. The molecule has 0 aliphatic rings. The standard InChI is InChI=1S/C11H13FN2O5S/c1-7-2-3-8(12)4-9(7)20(18,19)14(5-10(13)15)6-11(16)17/h2-4H,5-6H2,1H3,(H2,13,15)(H,16,17). The number of sulfonamides is 1. The number of hydrogen-bond acceptors (Lipinski definition) is 4. The Morgan fingerprint density at radius 1 is 1.35 bits per heavy atom. The average molecular weight is 304 g/mol. The summed E-state index contributed by atoms with van der Waals surface area (Å²) < 4.78 is 38.1. The van der Waals surface area contributed by atoms with E-state index >= 15 is 0 Å². The molecule has 0 radical (unpaired) electrons. The molecule has 0 fully saturated rings. The van der Waals surface area contributed by atoms with E-state index in [9.17, 15) is 22.4 Å². The molecule has 0 aliphatic heterocycles. The highest BCUT2D eigenvalue weighted by Crippen LogP contribution is 2.20. The molecule has 0 spiro atoms. The normalized spacial score (nSPS) is 11.6. The van der Waals surface area contributed by atoms with Crippen molar-refractivity contribution in [2.24, 2.45) is 5.73 Å². The van der Waals surface area contributed by atoms with E-state index in [1.165, 1.54) is 13.0 Å². The van der Waals surface area contributed by atoms with Gasteiger partial charge in [-0.1, -0.05) is 6.07 Å². The van der Waals surface area contributed by atoms with Gasteiger partial charge in [-0.05, 0) is 24.6 Å². The Kier molecular flexibility index (Phi) is 4.79. The fraction of sp³-hybridized carbons (Fsp3) is 0.273. The maximum absolute atomic E-state index is 13.2. The second-order valence-electron chi connectivity index (χ2n) is 4.04. The number of nitrogens with two attached hydrogens (primary N) is 1. The second-order valence-corrected chi connectivity index (χ2v) is 5.95. The molecule has 0 saturated heterocycles. The molecule has 7 nitrogen and oxygen atoms in total. The van der Waals surface area contributed by atoms with Crippen LogP contribution in [0.2, 0.25) is 0 Å². The Hall–Kier alpha value is -2.00. The van der Waals surface area contributed by atoms with Gasteiger partial charge in [0.2, 0.25) is 15.9 Å². The number of carboxylic acids is 1. The maximum Gasteiger partial charge on any atom is 0.318 e. The van der Waals surface area contributed by atoms with Crippen molar-refractivity contribution < 1.29 is 27.5 Å². The zero-order valence-corrected chi connectivity index (χ0v) is 11.4. The third kappa shape index (κ3) is 3.75. The van der Waals surface area contributed by atoms with Crippen LogP contribution in [0.25, 0.3) is 0 Å². The van der Waals surface area contributed by atoms with Crippen LogP contribution < -0.4 is 5.73 Å². The highest BCUT2D eigenvalue weighted by Gasteiger charge is 2.29. The van der Waals surface area contributed by atoms with Crippen LogP contribution in [-0.2, 0) is 19.6 Å². The van der Waals surface area contributed by atoms with Gasteiger partial charge in [0, 0.05) is 0 Å². The summed E-state index contributed by atoms with van der Waals surface area (Å²) in [6.45, 7) is -0.318. The minimum Gasteiger partial charge on any atom is -0.480 e. The molecule has 1 amide bonds. The molecule has 1 aromatic carbocycles. The number of rotatable bonds is 6. The number of aliphatic carboxylic acids is 1. The van der Waals surface area contributed by atoms with Gasteiger partial charge in [-0.2, -0.15) is 4.31 Å². The number of aryl methyl sites for hydroxylation is 1. The van der Waals surface area contributed by atoms with Gasteiger partial charge in [0.25, 0.3) is 0 Å². The Balaban J connectivity index is 3.31. The van der Waals surface area contributed by atoms with Crippen LogP contribution in [0, 0.1) is 12.7 Å². The second kappa shape index (κ2) is 5.97. The number of carboxylic acid groups (broad SMARTS) is 1. The lowest BCUT2D eigenvalue weighted by atomic mass is 10.2. The number of halogens is 1. The number of hydrogen-bond donors (Lipinski definition) is 2. The summed E-state index contributed by atoms with van der Waals surface area (Å²) in [6, 6.07) is 3.08. The zero-order chi connectivity index (χ0) is 15.5. The minimum absolute atomic E-state index is 0.228. The van der Waals surface area contributed by atoms with Gasteiger partial charge < -0.3 is 10.8 Å². The third-order valence-corrected chi connectivity index (χ3v) is 4.35. The van der Waals surface area contributed by atoms with E-state index in [-0.39, 0.29) is 5.56 Å². The molecule has 1 aromatic rings. The summed E-state index contributed by atoms with van der Waals surface area (Å²) in [4.78, 5) is 21.2. The van der Waals surface area contributed by atoms with Gasteiger partial charge in [-0.25, -0.2) is 12.8 Å². The first kappa shape index (κ1) is 16.1. The zero-order valence-electron chi connectivity index (χ0n) is 10.5. The van der Waals surface area contributed by atoms with Gasteiger partial charge in [0.05, 0.1) is 11.4 Å². The van der Waals surface area contributed by atoms with Crippen molar-refractivity contribution >= 4 is 21.9 Å². The van der Waals surface area contributed by atoms with Crippen molar-refractivity contribution in [3.05, 3.63) is 29.6 Å². The van der Waals surface area contributed by atoms with E-state index in [1.54, 1.807) is 0 Å². The van der Waals surface area contributed by atoms with Crippen LogP contribution in [0.1, 0.15) is 5.56 Å². The van der Waals surface area contributed by atoms with Crippen LogP contribution in [0.3, 0.4) is 0 Å². The number of benzene rings is 1. The lowest BCUT2D eigenvalue weighted by molar-refractivity contribution is -0.137. The van der Waals surface area contributed by atoms with Gasteiger partial charge in [-0.3, -0.25) is 9.59 Å². The summed E-state index contributed by atoms with van der Waals surface area (Å²) in [7, 11) is -4.33. The molecule has 3 N–H and O–H groups in total. The molecule has 0 aromatic heterocycles. The molecule has 0 heterocycles. The SMILES string of the molecule is Cc1ccc(F)cc1S(=O)(=O)N(CC(N)=O)CC(=O)O. The monoisotopic (exact) mass is 304 g/mol. The molecule has 0 atom stereocenters. The summed E-state index contributed by atoms with van der Waals surface area (Å²) in [5, 5.41) is 8.70. The average Bonchev–Trinajstić information content (AvgIpc) is 2.30. The summed E-state index contributed by atoms with van der Waals surface area (Å²) in [5.41, 5.74) is 5.13. The number of carbonyl (C=O) groups excluding carboxylic acids is 1. The van der Waals surface area contributed by atoms with E-state index in [0.29, 0.717) is 4.31 Å². The van der Waals surface area contributed by atoms with Crippen LogP contribution in [0.15, 0.2) is 23.1 Å². The maximum atomic E-state index is 13.2. The van der Waals surface area contributed by atoms with Crippen LogP contribution in [-0.4, -0.2) is 42.8 Å². The number of amides is 1. The van der Waals surface area contributed by atoms with Crippen molar-refractivity contribution in [3.8, 4) is 0 Å². The van der Waals surface area contributed by atoms with E-state index < -0.39 is 45.7 Å².